The number of hydrogen-bond donors (Lipinski definition) is 0. The molecule has 0 nitrogen and oxygen atoms in total. The van der Waals surface area contributed by atoms with Crippen molar-refractivity contribution in [1.29, 1.82) is 0 Å². The standard InChI is InChI=1S/2C22H23.2CH3.2ClH.H2Si.Zr/c2*1-3-12-19(13-4-1)22(20-14-5-2-6-15-20)17-8-7-10-18-11-9-16-21(18)22;;;;;;/h2*1-6,10-15,21H,7-9,16-17H2;2*1H3;2*1H;1H2;/q4*-1;;;;. The van der Waals surface area contributed by atoms with E-state index in [1.807, 2.05) is 6.88 Å². The summed E-state index contributed by atoms with van der Waals surface area (Å²) < 4.78 is 0. The van der Waals surface area contributed by atoms with E-state index < -0.39 is 0 Å². The van der Waals surface area contributed by atoms with Crippen LogP contribution in [0.15, 0.2) is 145 Å². The summed E-state index contributed by atoms with van der Waals surface area (Å²) in [5.41, 5.74) is 9.48. The molecule has 0 spiro atoms. The molecular weight excluding hydrogens is 743 g/mol. The van der Waals surface area contributed by atoms with Crippen LogP contribution in [0.2, 0.25) is 0 Å². The van der Waals surface area contributed by atoms with Gasteiger partial charge >= 0.3 is 30.2 Å². The van der Waals surface area contributed by atoms with Crippen molar-refractivity contribution in [3.8, 4) is 0 Å². The second-order valence-electron chi connectivity index (χ2n) is 13.3. The van der Waals surface area contributed by atoms with Crippen LogP contribution in [0.25, 0.3) is 0 Å². The Morgan fingerprint density at radius 1 is 0.480 bits per heavy atom. The van der Waals surface area contributed by atoms with Gasteiger partial charge < -0.3 is 14.9 Å². The Labute approximate surface area is 334 Å². The Morgan fingerprint density at radius 2 is 0.760 bits per heavy atom. The molecule has 0 heterocycles. The summed E-state index contributed by atoms with van der Waals surface area (Å²) in [6, 6.07) is 44.9. The van der Waals surface area contributed by atoms with E-state index in [0.717, 1.165) is 0 Å². The van der Waals surface area contributed by atoms with Crippen LogP contribution in [-0.4, -0.2) is 6.88 Å². The second kappa shape index (κ2) is 21.3. The van der Waals surface area contributed by atoms with Gasteiger partial charge in [-0.25, -0.2) is 36.1 Å². The third kappa shape index (κ3) is 8.86. The SMILES string of the molecule is C1=C2[CH-]CCC2C(c2ccccc2)(c2ccccc2)CCC1.C1=C2[CH-]CCC2C(c2ccccc2)(c2ccccc2)CCC1.Cl.Cl.[CH3-].[CH3-].[SiH2]=[Zr]. The minimum absolute atomic E-state index is 0. The monoisotopic (exact) mass is 796 g/mol. The van der Waals surface area contributed by atoms with Crippen molar-refractivity contribution < 1.29 is 23.3 Å². The van der Waals surface area contributed by atoms with Crippen molar-refractivity contribution in [2.45, 2.75) is 75.0 Å². The molecule has 2 atom stereocenters. The Kier molecular flexibility index (Phi) is 18.8. The number of allylic oxidation sites excluding steroid dienone is 4. The fourth-order valence-electron chi connectivity index (χ4n) is 9.27. The van der Waals surface area contributed by atoms with Crippen molar-refractivity contribution in [2.24, 2.45) is 11.8 Å². The molecular formula is C46H56Cl2SiZr-4. The van der Waals surface area contributed by atoms with E-state index in [-0.39, 0.29) is 50.5 Å². The molecule has 0 radical (unpaired) electrons. The molecule has 2 fully saturated rings. The average Bonchev–Trinajstić information content (AvgIpc) is 3.73. The summed E-state index contributed by atoms with van der Waals surface area (Å²) in [6.45, 7) is 1.95. The number of rotatable bonds is 4. The van der Waals surface area contributed by atoms with Crippen molar-refractivity contribution in [3.05, 3.63) is 195 Å². The first-order valence-corrected chi connectivity index (χ1v) is 23.4. The van der Waals surface area contributed by atoms with E-state index in [0.29, 0.717) is 11.8 Å². The molecule has 4 aromatic carbocycles. The van der Waals surface area contributed by atoms with Gasteiger partial charge in [-0.2, -0.15) is 0 Å². The van der Waals surface area contributed by atoms with Gasteiger partial charge in [-0.15, -0.1) is 50.5 Å². The fourth-order valence-corrected chi connectivity index (χ4v) is 9.27. The van der Waals surface area contributed by atoms with Gasteiger partial charge in [0.05, 0.1) is 0 Å². The van der Waals surface area contributed by atoms with Crippen LogP contribution in [0.5, 0.6) is 0 Å². The zero-order chi connectivity index (χ0) is 31.7. The van der Waals surface area contributed by atoms with Crippen LogP contribution in [-0.2, 0) is 34.2 Å². The molecule has 4 aliphatic carbocycles. The molecule has 4 heteroatoms. The van der Waals surface area contributed by atoms with Gasteiger partial charge in [-0.05, 0) is 46.9 Å². The topological polar surface area (TPSA) is 0 Å². The third-order valence-corrected chi connectivity index (χ3v) is 11.1. The van der Waals surface area contributed by atoms with E-state index >= 15 is 0 Å². The molecule has 0 amide bonds. The van der Waals surface area contributed by atoms with Crippen LogP contribution >= 0.6 is 24.8 Å². The Hall–Kier alpha value is -2.22. The molecule has 8 rings (SSSR count). The summed E-state index contributed by atoms with van der Waals surface area (Å²) >= 11 is 1.58. The summed E-state index contributed by atoms with van der Waals surface area (Å²) in [5.74, 6) is 1.28. The molecule has 0 aromatic heterocycles. The predicted molar refractivity (Wildman–Crippen MR) is 221 cm³/mol. The van der Waals surface area contributed by atoms with E-state index in [4.69, 9.17) is 0 Å². The molecule has 266 valence electrons. The van der Waals surface area contributed by atoms with E-state index in [2.05, 4.69) is 146 Å². The first kappa shape index (κ1) is 43.9. The average molecular weight is 799 g/mol. The Morgan fingerprint density at radius 3 is 1.04 bits per heavy atom. The van der Waals surface area contributed by atoms with E-state index in [1.165, 1.54) is 86.5 Å². The molecule has 0 saturated heterocycles. The third-order valence-electron chi connectivity index (χ3n) is 11.1. The summed E-state index contributed by atoms with van der Waals surface area (Å²) in [6.07, 6.45) is 22.5. The maximum atomic E-state index is 2.51. The molecule has 0 aliphatic heterocycles. The van der Waals surface area contributed by atoms with Crippen LogP contribution in [0.1, 0.15) is 86.5 Å². The predicted octanol–water partition coefficient (Wildman–Crippen LogP) is 12.2. The van der Waals surface area contributed by atoms with Gasteiger partial charge in [0.2, 0.25) is 0 Å². The van der Waals surface area contributed by atoms with Crippen LogP contribution in [0.3, 0.4) is 0 Å². The van der Waals surface area contributed by atoms with Crippen molar-refractivity contribution in [1.82, 2.24) is 0 Å². The number of fused-ring (bicyclic) bond motifs is 2. The Balaban J connectivity index is 0.000000307. The molecule has 4 aromatic rings. The number of benzene rings is 4. The van der Waals surface area contributed by atoms with Crippen LogP contribution in [0.4, 0.5) is 0 Å². The minimum atomic E-state index is 0. The van der Waals surface area contributed by atoms with Gasteiger partial charge in [0.1, 0.15) is 0 Å². The molecule has 2 saturated carbocycles. The zero-order valence-electron chi connectivity index (χ0n) is 30.1. The molecule has 2 unspecified atom stereocenters. The maximum absolute atomic E-state index is 2.51. The zero-order valence-corrected chi connectivity index (χ0v) is 35.6. The van der Waals surface area contributed by atoms with Crippen molar-refractivity contribution in [2.75, 3.05) is 0 Å². The molecule has 0 bridgehead atoms. The Bertz CT molecular complexity index is 1390. The number of halogens is 2. The summed E-state index contributed by atoms with van der Waals surface area (Å²) in [5, 5.41) is 0. The van der Waals surface area contributed by atoms with Gasteiger partial charge in [0.25, 0.3) is 0 Å². The second-order valence-corrected chi connectivity index (χ2v) is 13.3. The summed E-state index contributed by atoms with van der Waals surface area (Å²) in [7, 11) is 0. The van der Waals surface area contributed by atoms with Gasteiger partial charge in [-0.3, -0.25) is 0 Å². The van der Waals surface area contributed by atoms with Gasteiger partial charge in [0, 0.05) is 10.8 Å². The first-order chi connectivity index (χ1) is 22.8. The van der Waals surface area contributed by atoms with E-state index in [9.17, 15) is 0 Å². The number of hydrogen-bond acceptors (Lipinski definition) is 0. The van der Waals surface area contributed by atoms with Crippen molar-refractivity contribution in [3.63, 3.8) is 0 Å². The molecule has 50 heavy (non-hydrogen) atoms. The first-order valence-electron chi connectivity index (χ1n) is 17.5. The molecule has 4 aliphatic rings. The molecule has 0 N–H and O–H groups in total. The van der Waals surface area contributed by atoms with Crippen molar-refractivity contribution >= 4 is 31.7 Å². The summed E-state index contributed by atoms with van der Waals surface area (Å²) in [4.78, 5) is 0. The fraction of sp³-hybridized carbons (Fsp3) is 0.304. The van der Waals surface area contributed by atoms with Crippen LogP contribution < -0.4 is 0 Å². The van der Waals surface area contributed by atoms with E-state index in [1.54, 1.807) is 34.5 Å². The van der Waals surface area contributed by atoms with Crippen LogP contribution in [0, 0.1) is 39.5 Å². The quantitative estimate of drug-likeness (QED) is 0.142. The van der Waals surface area contributed by atoms with Gasteiger partial charge in [-0.1, -0.05) is 147 Å². The normalized spacial score (nSPS) is 20.4. The van der Waals surface area contributed by atoms with Gasteiger partial charge in [0.15, 0.2) is 0 Å².